The van der Waals surface area contributed by atoms with Gasteiger partial charge in [-0.3, -0.25) is 9.48 Å². The molecule has 1 aliphatic rings. The molecule has 19 heavy (non-hydrogen) atoms. The average molecular weight is 284 g/mol. The number of nitrogens with zero attached hydrogens (tertiary/aromatic N) is 2. The average Bonchev–Trinajstić information content (AvgIpc) is 2.61. The van der Waals surface area contributed by atoms with Crippen LogP contribution in [0.4, 0.5) is 0 Å². The Morgan fingerprint density at radius 1 is 1.53 bits per heavy atom. The summed E-state index contributed by atoms with van der Waals surface area (Å²) >= 11 is 6.23. The molecule has 1 heterocycles. The third kappa shape index (κ3) is 2.84. The Morgan fingerprint density at radius 2 is 2.21 bits per heavy atom. The number of nitrogens with two attached hydrogens (primary N) is 1. The lowest BCUT2D eigenvalue weighted by Crippen LogP contribution is -2.39. The standard InChI is InChI=1S/C14H22ClN3O/c1-3-18-12(13(15)10(2)17-18)7-11(19)8-14(9-16)5-4-6-14/h3-9,16H2,1-2H3. The van der Waals surface area contributed by atoms with Crippen LogP contribution >= 0.6 is 11.6 Å². The summed E-state index contributed by atoms with van der Waals surface area (Å²) in [7, 11) is 0. The highest BCUT2D eigenvalue weighted by Gasteiger charge is 2.37. The molecular weight excluding hydrogens is 262 g/mol. The molecule has 0 aliphatic heterocycles. The minimum absolute atomic E-state index is 0.0651. The molecule has 0 saturated heterocycles. The number of carbonyl (C=O) groups excluding carboxylic acids is 1. The van der Waals surface area contributed by atoms with E-state index in [1.54, 1.807) is 0 Å². The molecule has 1 aromatic rings. The fraction of sp³-hybridized carbons (Fsp3) is 0.714. The van der Waals surface area contributed by atoms with Crippen molar-refractivity contribution in [3.63, 3.8) is 0 Å². The Hall–Kier alpha value is -0.870. The van der Waals surface area contributed by atoms with Gasteiger partial charge in [-0.1, -0.05) is 18.0 Å². The highest BCUT2D eigenvalue weighted by molar-refractivity contribution is 6.32. The van der Waals surface area contributed by atoms with Crippen LogP contribution in [0, 0.1) is 12.3 Å². The molecule has 1 saturated carbocycles. The fourth-order valence-electron chi connectivity index (χ4n) is 2.84. The van der Waals surface area contributed by atoms with E-state index in [0.29, 0.717) is 24.4 Å². The number of rotatable bonds is 6. The van der Waals surface area contributed by atoms with E-state index in [1.165, 1.54) is 6.42 Å². The van der Waals surface area contributed by atoms with Crippen LogP contribution in [0.25, 0.3) is 0 Å². The molecule has 2 N–H and O–H groups in total. The maximum Gasteiger partial charge on any atom is 0.139 e. The molecule has 0 unspecified atom stereocenters. The van der Waals surface area contributed by atoms with Crippen molar-refractivity contribution in [3.05, 3.63) is 16.4 Å². The Labute approximate surface area is 119 Å². The molecule has 106 valence electrons. The number of hydrogen-bond donors (Lipinski definition) is 1. The van der Waals surface area contributed by atoms with Crippen molar-refractivity contribution < 1.29 is 4.79 Å². The van der Waals surface area contributed by atoms with Gasteiger partial charge >= 0.3 is 0 Å². The van der Waals surface area contributed by atoms with Crippen LogP contribution in [0.2, 0.25) is 5.02 Å². The largest absolute Gasteiger partial charge is 0.330 e. The van der Waals surface area contributed by atoms with Gasteiger partial charge in [-0.15, -0.1) is 0 Å². The highest BCUT2D eigenvalue weighted by Crippen LogP contribution is 2.43. The molecule has 0 spiro atoms. The predicted molar refractivity (Wildman–Crippen MR) is 76.3 cm³/mol. The zero-order valence-electron chi connectivity index (χ0n) is 11.7. The summed E-state index contributed by atoms with van der Waals surface area (Å²) in [4.78, 5) is 12.3. The summed E-state index contributed by atoms with van der Waals surface area (Å²) in [5, 5.41) is 4.97. The second-order valence-corrected chi connectivity index (χ2v) is 5.99. The molecule has 0 amide bonds. The first-order valence-electron chi connectivity index (χ1n) is 6.95. The normalized spacial score (nSPS) is 17.3. The Balaban J connectivity index is 2.06. The smallest absolute Gasteiger partial charge is 0.139 e. The summed E-state index contributed by atoms with van der Waals surface area (Å²) < 4.78 is 1.82. The monoisotopic (exact) mass is 283 g/mol. The van der Waals surface area contributed by atoms with E-state index >= 15 is 0 Å². The minimum Gasteiger partial charge on any atom is -0.330 e. The zero-order valence-corrected chi connectivity index (χ0v) is 12.5. The molecule has 4 nitrogen and oxygen atoms in total. The number of halogens is 1. The Kier molecular flexibility index (Phi) is 4.31. The van der Waals surface area contributed by atoms with Gasteiger partial charge in [0.25, 0.3) is 0 Å². The molecule has 0 radical (unpaired) electrons. The van der Waals surface area contributed by atoms with Crippen molar-refractivity contribution in [3.8, 4) is 0 Å². The molecule has 1 aliphatic carbocycles. The summed E-state index contributed by atoms with van der Waals surface area (Å²) in [5.41, 5.74) is 7.51. The van der Waals surface area contributed by atoms with Crippen LogP contribution in [-0.2, 0) is 17.8 Å². The third-order valence-electron chi connectivity index (χ3n) is 4.24. The van der Waals surface area contributed by atoms with Crippen molar-refractivity contribution in [2.24, 2.45) is 11.1 Å². The number of hydrogen-bond acceptors (Lipinski definition) is 3. The van der Waals surface area contributed by atoms with Gasteiger partial charge in [0.2, 0.25) is 0 Å². The lowest BCUT2D eigenvalue weighted by atomic mass is 9.65. The van der Waals surface area contributed by atoms with Crippen molar-refractivity contribution in [2.75, 3.05) is 6.54 Å². The molecule has 5 heteroatoms. The molecule has 2 rings (SSSR count). The first-order valence-corrected chi connectivity index (χ1v) is 7.32. The van der Waals surface area contributed by atoms with Crippen molar-refractivity contribution in [1.29, 1.82) is 0 Å². The van der Waals surface area contributed by atoms with E-state index in [0.717, 1.165) is 30.8 Å². The number of ketones is 1. The van der Waals surface area contributed by atoms with Crippen LogP contribution in [-0.4, -0.2) is 22.1 Å². The zero-order chi connectivity index (χ0) is 14.0. The minimum atomic E-state index is 0.0651. The van der Waals surface area contributed by atoms with Crippen LogP contribution in [0.3, 0.4) is 0 Å². The summed E-state index contributed by atoms with van der Waals surface area (Å²) in [6, 6.07) is 0. The van der Waals surface area contributed by atoms with Crippen LogP contribution in [0.15, 0.2) is 0 Å². The molecule has 0 aromatic carbocycles. The summed E-state index contributed by atoms with van der Waals surface area (Å²) in [6.07, 6.45) is 4.30. The Bertz CT molecular complexity index is 472. The van der Waals surface area contributed by atoms with Gasteiger partial charge in [-0.05, 0) is 38.6 Å². The second kappa shape index (κ2) is 5.63. The topological polar surface area (TPSA) is 60.9 Å². The third-order valence-corrected chi connectivity index (χ3v) is 4.73. The predicted octanol–water partition coefficient (Wildman–Crippen LogP) is 2.50. The van der Waals surface area contributed by atoms with Crippen LogP contribution in [0.1, 0.15) is 44.0 Å². The highest BCUT2D eigenvalue weighted by atomic mass is 35.5. The fourth-order valence-corrected chi connectivity index (χ4v) is 3.04. The van der Waals surface area contributed by atoms with Crippen LogP contribution in [0.5, 0.6) is 0 Å². The second-order valence-electron chi connectivity index (χ2n) is 5.61. The van der Waals surface area contributed by atoms with Crippen molar-refractivity contribution >= 4 is 17.4 Å². The summed E-state index contributed by atoms with van der Waals surface area (Å²) in [5.74, 6) is 0.224. The van der Waals surface area contributed by atoms with Gasteiger partial charge in [-0.2, -0.15) is 5.10 Å². The van der Waals surface area contributed by atoms with Gasteiger partial charge in [0.15, 0.2) is 0 Å². The molecule has 0 atom stereocenters. The van der Waals surface area contributed by atoms with Gasteiger partial charge in [0.1, 0.15) is 5.78 Å². The maximum absolute atomic E-state index is 12.3. The van der Waals surface area contributed by atoms with E-state index in [4.69, 9.17) is 17.3 Å². The number of aromatic nitrogens is 2. The van der Waals surface area contributed by atoms with Crippen LogP contribution < -0.4 is 5.73 Å². The molecule has 1 aromatic heterocycles. The number of aryl methyl sites for hydroxylation is 2. The molecule has 0 bridgehead atoms. The first kappa shape index (κ1) is 14.5. The maximum atomic E-state index is 12.3. The quantitative estimate of drug-likeness (QED) is 0.872. The van der Waals surface area contributed by atoms with E-state index in [2.05, 4.69) is 5.10 Å². The van der Waals surface area contributed by atoms with E-state index in [-0.39, 0.29) is 11.2 Å². The lowest BCUT2D eigenvalue weighted by Gasteiger charge is -2.40. The van der Waals surface area contributed by atoms with E-state index in [1.807, 2.05) is 18.5 Å². The number of Topliss-reactive ketones (excluding diaryl/α,β-unsaturated/α-hetero) is 1. The lowest BCUT2D eigenvalue weighted by molar-refractivity contribution is -0.122. The van der Waals surface area contributed by atoms with Crippen molar-refractivity contribution in [1.82, 2.24) is 9.78 Å². The van der Waals surface area contributed by atoms with E-state index < -0.39 is 0 Å². The number of carbonyl (C=O) groups is 1. The van der Waals surface area contributed by atoms with Gasteiger partial charge in [0, 0.05) is 19.4 Å². The molecule has 1 fully saturated rings. The molecular formula is C14H22ClN3O. The van der Waals surface area contributed by atoms with Gasteiger partial charge < -0.3 is 5.73 Å². The van der Waals surface area contributed by atoms with Gasteiger partial charge in [-0.25, -0.2) is 0 Å². The SMILES string of the molecule is CCn1nc(C)c(Cl)c1CC(=O)CC1(CN)CCC1. The Morgan fingerprint density at radius 3 is 2.68 bits per heavy atom. The first-order chi connectivity index (χ1) is 9.01. The van der Waals surface area contributed by atoms with Gasteiger partial charge in [0.05, 0.1) is 16.4 Å². The summed E-state index contributed by atoms with van der Waals surface area (Å²) in [6.45, 7) is 5.22. The van der Waals surface area contributed by atoms with E-state index in [9.17, 15) is 4.79 Å². The van der Waals surface area contributed by atoms with Crippen molar-refractivity contribution in [2.45, 2.75) is 52.5 Å².